The second-order valence-corrected chi connectivity index (χ2v) is 5.56. The lowest BCUT2D eigenvalue weighted by molar-refractivity contribution is -0.137. The van der Waals surface area contributed by atoms with Crippen LogP contribution in [0.1, 0.15) is 31.7 Å². The highest BCUT2D eigenvalue weighted by molar-refractivity contribution is 8.00. The van der Waals surface area contributed by atoms with Gasteiger partial charge in [-0.3, -0.25) is 4.79 Å². The van der Waals surface area contributed by atoms with Crippen molar-refractivity contribution in [3.05, 3.63) is 29.8 Å². The molecule has 3 heteroatoms. The van der Waals surface area contributed by atoms with E-state index < -0.39 is 0 Å². The maximum absolute atomic E-state index is 11.3. The molecule has 0 saturated carbocycles. The molecule has 0 bridgehead atoms. The molecule has 1 fully saturated rings. The van der Waals surface area contributed by atoms with E-state index in [9.17, 15) is 4.79 Å². The van der Waals surface area contributed by atoms with Crippen molar-refractivity contribution in [3.63, 3.8) is 0 Å². The molecule has 1 aromatic carbocycles. The van der Waals surface area contributed by atoms with Crippen molar-refractivity contribution < 1.29 is 9.53 Å². The van der Waals surface area contributed by atoms with Crippen LogP contribution in [0.15, 0.2) is 29.2 Å². The highest BCUT2D eigenvalue weighted by atomic mass is 32.2. The van der Waals surface area contributed by atoms with Crippen LogP contribution in [0.5, 0.6) is 0 Å². The summed E-state index contributed by atoms with van der Waals surface area (Å²) >= 11 is 1.61. The van der Waals surface area contributed by atoms with Gasteiger partial charge in [0.1, 0.15) is 5.25 Å². The van der Waals surface area contributed by atoms with E-state index in [0.717, 1.165) is 11.3 Å². The van der Waals surface area contributed by atoms with Gasteiger partial charge in [0.25, 0.3) is 0 Å². The highest BCUT2D eigenvalue weighted by Gasteiger charge is 2.27. The van der Waals surface area contributed by atoms with Gasteiger partial charge in [-0.1, -0.05) is 26.0 Å². The fourth-order valence-electron chi connectivity index (χ4n) is 1.68. The van der Waals surface area contributed by atoms with Crippen molar-refractivity contribution in [3.8, 4) is 0 Å². The predicted octanol–water partition coefficient (Wildman–Crippen LogP) is 3.22. The first-order valence-electron chi connectivity index (χ1n) is 5.60. The smallest absolute Gasteiger partial charge is 0.319 e. The van der Waals surface area contributed by atoms with Crippen LogP contribution >= 0.6 is 11.8 Å². The number of rotatable bonds is 3. The molecular formula is C13H16O2S. The van der Waals surface area contributed by atoms with Gasteiger partial charge < -0.3 is 4.74 Å². The molecule has 0 N–H and O–H groups in total. The van der Waals surface area contributed by atoms with Gasteiger partial charge >= 0.3 is 5.97 Å². The van der Waals surface area contributed by atoms with E-state index in [2.05, 4.69) is 38.1 Å². The minimum absolute atomic E-state index is 0.00935. The first-order chi connectivity index (χ1) is 7.66. The SMILES string of the molecule is CC(C)c1ccc(S[C@H]2CCOC2=O)cc1. The number of ether oxygens (including phenoxy) is 1. The fraction of sp³-hybridized carbons (Fsp3) is 0.462. The number of hydrogen-bond acceptors (Lipinski definition) is 3. The molecule has 1 aromatic rings. The number of cyclic esters (lactones) is 1. The molecule has 2 nitrogen and oxygen atoms in total. The predicted molar refractivity (Wildman–Crippen MR) is 65.8 cm³/mol. The number of carbonyl (C=O) groups is 1. The van der Waals surface area contributed by atoms with Crippen LogP contribution in [0.2, 0.25) is 0 Å². The maximum Gasteiger partial charge on any atom is 0.319 e. The first kappa shape index (κ1) is 11.5. The van der Waals surface area contributed by atoms with Gasteiger partial charge in [0.15, 0.2) is 0 Å². The van der Waals surface area contributed by atoms with Gasteiger partial charge in [0, 0.05) is 11.3 Å². The summed E-state index contributed by atoms with van der Waals surface area (Å²) in [5.41, 5.74) is 1.33. The van der Waals surface area contributed by atoms with Crippen LogP contribution in [-0.2, 0) is 9.53 Å². The van der Waals surface area contributed by atoms with Crippen LogP contribution in [0.25, 0.3) is 0 Å². The van der Waals surface area contributed by atoms with E-state index in [1.165, 1.54) is 5.56 Å². The van der Waals surface area contributed by atoms with E-state index in [0.29, 0.717) is 12.5 Å². The molecule has 86 valence electrons. The lowest BCUT2D eigenvalue weighted by Gasteiger charge is -2.08. The van der Waals surface area contributed by atoms with E-state index in [1.54, 1.807) is 11.8 Å². The second kappa shape index (κ2) is 4.91. The van der Waals surface area contributed by atoms with Gasteiger partial charge in [-0.15, -0.1) is 11.8 Å². The summed E-state index contributed by atoms with van der Waals surface area (Å²) in [6.07, 6.45) is 0.829. The Kier molecular flexibility index (Phi) is 3.54. The van der Waals surface area contributed by atoms with Gasteiger partial charge in [-0.25, -0.2) is 0 Å². The Morgan fingerprint density at radius 3 is 2.50 bits per heavy atom. The summed E-state index contributed by atoms with van der Waals surface area (Å²) in [5, 5.41) is -0.00935. The molecule has 0 amide bonds. The summed E-state index contributed by atoms with van der Waals surface area (Å²) in [6, 6.07) is 8.44. The lowest BCUT2D eigenvalue weighted by Crippen LogP contribution is -2.08. The Morgan fingerprint density at radius 2 is 2.00 bits per heavy atom. The molecule has 0 aromatic heterocycles. The number of benzene rings is 1. The third-order valence-electron chi connectivity index (χ3n) is 2.71. The van der Waals surface area contributed by atoms with E-state index in [-0.39, 0.29) is 11.2 Å². The largest absolute Gasteiger partial charge is 0.465 e. The van der Waals surface area contributed by atoms with Crippen molar-refractivity contribution >= 4 is 17.7 Å². The summed E-state index contributed by atoms with van der Waals surface area (Å²) in [4.78, 5) is 12.5. The topological polar surface area (TPSA) is 26.3 Å². The molecular weight excluding hydrogens is 220 g/mol. The molecule has 1 saturated heterocycles. The summed E-state index contributed by atoms with van der Waals surface area (Å²) in [7, 11) is 0. The van der Waals surface area contributed by atoms with Crippen LogP contribution in [0.4, 0.5) is 0 Å². The molecule has 2 rings (SSSR count). The van der Waals surface area contributed by atoms with E-state index >= 15 is 0 Å². The molecule has 0 aliphatic carbocycles. The molecule has 0 unspecified atom stereocenters. The average molecular weight is 236 g/mol. The molecule has 1 aliphatic heterocycles. The molecule has 1 atom stereocenters. The van der Waals surface area contributed by atoms with Crippen molar-refractivity contribution in [1.82, 2.24) is 0 Å². The van der Waals surface area contributed by atoms with Crippen molar-refractivity contribution in [1.29, 1.82) is 0 Å². The Bertz CT molecular complexity index is 370. The minimum Gasteiger partial charge on any atom is -0.465 e. The van der Waals surface area contributed by atoms with Crippen molar-refractivity contribution in [2.75, 3.05) is 6.61 Å². The third kappa shape index (κ3) is 2.59. The summed E-state index contributed by atoms with van der Waals surface area (Å²) in [5.74, 6) is 0.480. The van der Waals surface area contributed by atoms with Gasteiger partial charge in [0.2, 0.25) is 0 Å². The molecule has 0 spiro atoms. The van der Waals surface area contributed by atoms with Crippen molar-refractivity contribution in [2.24, 2.45) is 0 Å². The second-order valence-electron chi connectivity index (χ2n) is 4.29. The van der Waals surface area contributed by atoms with Crippen LogP contribution in [0, 0.1) is 0 Å². The number of carbonyl (C=O) groups excluding carboxylic acids is 1. The van der Waals surface area contributed by atoms with Gasteiger partial charge in [0.05, 0.1) is 6.61 Å². The monoisotopic (exact) mass is 236 g/mol. The summed E-state index contributed by atoms with van der Waals surface area (Å²) < 4.78 is 4.94. The number of esters is 1. The highest BCUT2D eigenvalue weighted by Crippen LogP contribution is 2.30. The molecule has 0 radical (unpaired) electrons. The molecule has 16 heavy (non-hydrogen) atoms. The Balaban J connectivity index is 2.02. The van der Waals surface area contributed by atoms with Crippen LogP contribution < -0.4 is 0 Å². The zero-order chi connectivity index (χ0) is 11.5. The van der Waals surface area contributed by atoms with E-state index in [4.69, 9.17) is 4.74 Å². The normalized spacial score (nSPS) is 20.2. The first-order valence-corrected chi connectivity index (χ1v) is 6.48. The summed E-state index contributed by atoms with van der Waals surface area (Å²) in [6.45, 7) is 4.92. The zero-order valence-corrected chi connectivity index (χ0v) is 10.4. The van der Waals surface area contributed by atoms with Gasteiger partial charge in [-0.05, 0) is 23.6 Å². The Hall–Kier alpha value is -0.960. The quantitative estimate of drug-likeness (QED) is 0.754. The van der Waals surface area contributed by atoms with E-state index in [1.807, 2.05) is 0 Å². The zero-order valence-electron chi connectivity index (χ0n) is 9.60. The van der Waals surface area contributed by atoms with Gasteiger partial charge in [-0.2, -0.15) is 0 Å². The van der Waals surface area contributed by atoms with Crippen LogP contribution in [0.3, 0.4) is 0 Å². The fourth-order valence-corrected chi connectivity index (χ4v) is 2.68. The lowest BCUT2D eigenvalue weighted by atomic mass is 10.0. The maximum atomic E-state index is 11.3. The van der Waals surface area contributed by atoms with Crippen molar-refractivity contribution in [2.45, 2.75) is 36.3 Å². The van der Waals surface area contributed by atoms with Crippen LogP contribution in [-0.4, -0.2) is 17.8 Å². The number of thioether (sulfide) groups is 1. The molecule has 1 aliphatic rings. The minimum atomic E-state index is -0.0714. The number of hydrogen-bond donors (Lipinski definition) is 0. The molecule has 1 heterocycles. The Labute approximate surface area is 100 Å². The standard InChI is InChI=1S/C13H16O2S/c1-9(2)10-3-5-11(6-4-10)16-12-7-8-15-13(12)14/h3-6,9,12H,7-8H2,1-2H3/t12-/m0/s1. The Morgan fingerprint density at radius 1 is 1.31 bits per heavy atom. The third-order valence-corrected chi connectivity index (χ3v) is 3.97. The average Bonchev–Trinajstić information content (AvgIpc) is 2.65.